The molecule has 0 saturated heterocycles. The molecule has 0 fully saturated rings. The van der Waals surface area contributed by atoms with Gasteiger partial charge in [0.25, 0.3) is 0 Å². The molecule has 5 nitrogen and oxygen atoms in total. The van der Waals surface area contributed by atoms with E-state index in [2.05, 4.69) is 20.9 Å². The molecule has 0 aliphatic heterocycles. The smallest absolute Gasteiger partial charge is 0.311 e. The topological polar surface area (TPSA) is 53.4 Å². The summed E-state index contributed by atoms with van der Waals surface area (Å²) in [6.07, 6.45) is 1.70. The molecule has 0 saturated carbocycles. The van der Waals surface area contributed by atoms with Gasteiger partial charge in [0.1, 0.15) is 4.60 Å². The van der Waals surface area contributed by atoms with Crippen molar-refractivity contribution < 1.29 is 9.47 Å². The van der Waals surface area contributed by atoms with Crippen LogP contribution in [0.3, 0.4) is 0 Å². The summed E-state index contributed by atoms with van der Waals surface area (Å²) in [5.74, 6) is 0.573. The Labute approximate surface area is 161 Å². The Morgan fingerprint density at radius 2 is 2.16 bits per heavy atom. The number of benzene rings is 1. The number of rotatable bonds is 5. The second-order valence-electron chi connectivity index (χ2n) is 5.19. The van der Waals surface area contributed by atoms with Gasteiger partial charge >= 0.3 is 4.87 Å². The first kappa shape index (κ1) is 18.1. The Morgan fingerprint density at radius 1 is 1.36 bits per heavy atom. The zero-order chi connectivity index (χ0) is 18.0. The van der Waals surface area contributed by atoms with Crippen molar-refractivity contribution in [3.63, 3.8) is 0 Å². The van der Waals surface area contributed by atoms with E-state index in [1.165, 1.54) is 4.57 Å². The highest BCUT2D eigenvalue weighted by Crippen LogP contribution is 2.38. The van der Waals surface area contributed by atoms with Crippen molar-refractivity contribution in [1.82, 2.24) is 9.55 Å². The van der Waals surface area contributed by atoms with Gasteiger partial charge in [0, 0.05) is 29.9 Å². The highest BCUT2D eigenvalue weighted by molar-refractivity contribution is 9.10. The van der Waals surface area contributed by atoms with Crippen molar-refractivity contribution in [2.24, 2.45) is 0 Å². The lowest BCUT2D eigenvalue weighted by atomic mass is 10.0. The highest BCUT2D eigenvalue weighted by atomic mass is 79.9. The van der Waals surface area contributed by atoms with Gasteiger partial charge in [0.15, 0.2) is 12.5 Å². The van der Waals surface area contributed by atoms with Gasteiger partial charge in [0.2, 0.25) is 0 Å². The molecule has 0 bridgehead atoms. The Hall–Kier alpha value is -1.67. The summed E-state index contributed by atoms with van der Waals surface area (Å²) < 4.78 is 12.8. The summed E-state index contributed by atoms with van der Waals surface area (Å²) in [4.78, 5) is 16.1. The first-order valence-corrected chi connectivity index (χ1v) is 9.31. The summed E-state index contributed by atoms with van der Waals surface area (Å²) in [6, 6.07) is 7.43. The molecule has 25 heavy (non-hydrogen) atoms. The Bertz CT molecular complexity index is 971. The number of halogens is 2. The fraction of sp³-hybridized carbons (Fsp3) is 0.176. The predicted octanol–water partition coefficient (Wildman–Crippen LogP) is 4.67. The summed E-state index contributed by atoms with van der Waals surface area (Å²) in [7, 11) is 1.56. The van der Waals surface area contributed by atoms with Crippen LogP contribution in [0.2, 0.25) is 5.02 Å². The van der Waals surface area contributed by atoms with Gasteiger partial charge in [0.05, 0.1) is 10.7 Å². The van der Waals surface area contributed by atoms with Gasteiger partial charge in [-0.05, 0) is 46.6 Å². The maximum atomic E-state index is 11.9. The molecule has 8 heteroatoms. The second-order valence-corrected chi connectivity index (χ2v) is 7.20. The van der Waals surface area contributed by atoms with Crippen LogP contribution < -0.4 is 9.61 Å². The van der Waals surface area contributed by atoms with Crippen LogP contribution in [0.25, 0.3) is 16.8 Å². The van der Waals surface area contributed by atoms with E-state index in [9.17, 15) is 4.79 Å². The second kappa shape index (κ2) is 7.70. The number of nitrogens with zero attached hydrogens (tertiary/aromatic N) is 2. The summed E-state index contributed by atoms with van der Waals surface area (Å²) >= 11 is 11.0. The fourth-order valence-electron chi connectivity index (χ4n) is 2.41. The third-order valence-electron chi connectivity index (χ3n) is 3.47. The van der Waals surface area contributed by atoms with Crippen LogP contribution in [0.15, 0.2) is 45.2 Å². The van der Waals surface area contributed by atoms with E-state index >= 15 is 0 Å². The number of hydrogen-bond acceptors (Lipinski definition) is 5. The molecule has 0 spiro atoms. The van der Waals surface area contributed by atoms with Crippen LogP contribution in [0, 0.1) is 6.92 Å². The first-order valence-electron chi connectivity index (χ1n) is 7.26. The largest absolute Gasteiger partial charge is 0.464 e. The lowest BCUT2D eigenvalue weighted by Crippen LogP contribution is -2.09. The molecular weight excluding hydrogens is 428 g/mol. The van der Waals surface area contributed by atoms with E-state index in [0.717, 1.165) is 28.2 Å². The van der Waals surface area contributed by atoms with Crippen molar-refractivity contribution >= 4 is 38.9 Å². The first-order chi connectivity index (χ1) is 12.0. The normalized spacial score (nSPS) is 10.9. The molecule has 0 aliphatic rings. The lowest BCUT2D eigenvalue weighted by molar-refractivity contribution is 0.0506. The molecule has 0 N–H and O–H groups in total. The molecule has 3 aromatic rings. The van der Waals surface area contributed by atoms with Gasteiger partial charge in [-0.15, -0.1) is 0 Å². The quantitative estimate of drug-likeness (QED) is 0.426. The number of aryl methyl sites for hydroxylation is 1. The van der Waals surface area contributed by atoms with Gasteiger partial charge in [-0.3, -0.25) is 9.36 Å². The van der Waals surface area contributed by atoms with Gasteiger partial charge in [-0.2, -0.15) is 0 Å². The van der Waals surface area contributed by atoms with Crippen molar-refractivity contribution in [2.45, 2.75) is 6.92 Å². The molecule has 0 atom stereocenters. The lowest BCUT2D eigenvalue weighted by Gasteiger charge is -2.14. The number of hydrogen-bond donors (Lipinski definition) is 0. The van der Waals surface area contributed by atoms with Crippen molar-refractivity contribution in [3.05, 3.63) is 60.8 Å². The van der Waals surface area contributed by atoms with E-state index in [-0.39, 0.29) is 11.7 Å². The van der Waals surface area contributed by atoms with Crippen molar-refractivity contribution in [3.8, 4) is 22.6 Å². The van der Waals surface area contributed by atoms with E-state index < -0.39 is 0 Å². The molecule has 130 valence electrons. The van der Waals surface area contributed by atoms with E-state index in [1.54, 1.807) is 18.7 Å². The zero-order valence-electron chi connectivity index (χ0n) is 13.5. The SMILES string of the molecule is COCOc1c(-c2ccc(-n3ccsc3=O)c(Cl)c2)cc(C)nc1Br. The monoisotopic (exact) mass is 440 g/mol. The van der Waals surface area contributed by atoms with Crippen LogP contribution >= 0.6 is 38.9 Å². The minimum absolute atomic E-state index is 0.0822. The minimum Gasteiger partial charge on any atom is -0.464 e. The average molecular weight is 442 g/mol. The number of thiazole rings is 1. The number of aromatic nitrogens is 2. The zero-order valence-corrected chi connectivity index (χ0v) is 16.6. The molecule has 0 aliphatic carbocycles. The molecule has 0 unspecified atom stereocenters. The maximum Gasteiger partial charge on any atom is 0.311 e. The standard InChI is InChI=1S/C17H14BrClN2O3S/c1-10-7-12(15(16(18)20-10)24-9-23-2)11-3-4-14(13(19)8-11)21-5-6-25-17(21)22/h3-8H,9H2,1-2H3. The molecule has 2 heterocycles. The third-order valence-corrected chi connectivity index (χ3v) is 4.97. The van der Waals surface area contributed by atoms with Crippen LogP contribution in [0.4, 0.5) is 0 Å². The van der Waals surface area contributed by atoms with Crippen LogP contribution in [0.5, 0.6) is 5.75 Å². The molecule has 3 rings (SSSR count). The highest BCUT2D eigenvalue weighted by Gasteiger charge is 2.15. The number of pyridine rings is 1. The fourth-order valence-corrected chi connectivity index (χ4v) is 3.86. The predicted molar refractivity (Wildman–Crippen MR) is 103 cm³/mol. The average Bonchev–Trinajstić information content (AvgIpc) is 2.99. The van der Waals surface area contributed by atoms with E-state index in [1.807, 2.05) is 31.2 Å². The van der Waals surface area contributed by atoms with Crippen molar-refractivity contribution in [2.75, 3.05) is 13.9 Å². The molecular formula is C17H14BrClN2O3S. The van der Waals surface area contributed by atoms with Crippen molar-refractivity contribution in [1.29, 1.82) is 0 Å². The molecule has 2 aromatic heterocycles. The minimum atomic E-state index is -0.0822. The summed E-state index contributed by atoms with van der Waals surface area (Å²) in [6.45, 7) is 2.00. The van der Waals surface area contributed by atoms with Gasteiger partial charge in [-0.1, -0.05) is 29.0 Å². The molecule has 1 aromatic carbocycles. The Morgan fingerprint density at radius 3 is 2.80 bits per heavy atom. The maximum absolute atomic E-state index is 11.9. The van der Waals surface area contributed by atoms with Gasteiger partial charge in [-0.25, -0.2) is 4.98 Å². The van der Waals surface area contributed by atoms with Crippen LogP contribution in [-0.2, 0) is 4.74 Å². The Kier molecular flexibility index (Phi) is 5.58. The van der Waals surface area contributed by atoms with Gasteiger partial charge < -0.3 is 9.47 Å². The Balaban J connectivity index is 2.10. The summed E-state index contributed by atoms with van der Waals surface area (Å²) in [5, 5.41) is 2.20. The molecule has 0 radical (unpaired) electrons. The summed E-state index contributed by atoms with van der Waals surface area (Å²) in [5.41, 5.74) is 3.17. The van der Waals surface area contributed by atoms with E-state index in [4.69, 9.17) is 21.1 Å². The third kappa shape index (κ3) is 3.79. The van der Waals surface area contributed by atoms with E-state index in [0.29, 0.717) is 21.1 Å². The number of ether oxygens (including phenoxy) is 2. The molecule has 0 amide bonds. The van der Waals surface area contributed by atoms with Crippen LogP contribution in [0.1, 0.15) is 5.69 Å². The number of methoxy groups -OCH3 is 1. The van der Waals surface area contributed by atoms with Crippen LogP contribution in [-0.4, -0.2) is 23.5 Å².